The molecule has 0 aliphatic carbocycles. The molecule has 0 saturated carbocycles. The monoisotopic (exact) mass is 294 g/mol. The predicted octanol–water partition coefficient (Wildman–Crippen LogP) is 1.06. The number of nitrogens with zero attached hydrogens (tertiary/aromatic N) is 3. The highest BCUT2D eigenvalue weighted by Gasteiger charge is 2.35. The van der Waals surface area contributed by atoms with Crippen LogP contribution in [0.3, 0.4) is 0 Å². The number of carbonyl (C=O) groups excluding carboxylic acids is 1. The van der Waals surface area contributed by atoms with Crippen molar-refractivity contribution in [2.24, 2.45) is 0 Å². The lowest BCUT2D eigenvalue weighted by Crippen LogP contribution is -2.56. The van der Waals surface area contributed by atoms with Crippen molar-refractivity contribution in [2.75, 3.05) is 33.9 Å². The zero-order valence-corrected chi connectivity index (χ0v) is 13.2. The van der Waals surface area contributed by atoms with Crippen molar-refractivity contribution in [1.29, 1.82) is 0 Å². The molecular formula is C15H26N4O2. The molecule has 0 aromatic carbocycles. The summed E-state index contributed by atoms with van der Waals surface area (Å²) in [6, 6.07) is 1.61. The van der Waals surface area contributed by atoms with E-state index in [2.05, 4.69) is 29.4 Å². The van der Waals surface area contributed by atoms with Crippen LogP contribution in [0.1, 0.15) is 32.2 Å². The number of ether oxygens (including phenoxy) is 1. The third kappa shape index (κ3) is 3.63. The van der Waals surface area contributed by atoms with E-state index in [0.29, 0.717) is 6.54 Å². The highest BCUT2D eigenvalue weighted by atomic mass is 16.5. The number of hydrogen-bond acceptors (Lipinski definition) is 4. The van der Waals surface area contributed by atoms with Crippen LogP contribution in [0.25, 0.3) is 0 Å². The van der Waals surface area contributed by atoms with Crippen LogP contribution in [0.5, 0.6) is 0 Å². The van der Waals surface area contributed by atoms with Gasteiger partial charge in [-0.3, -0.25) is 9.48 Å². The molecule has 2 heterocycles. The van der Waals surface area contributed by atoms with Crippen molar-refractivity contribution in [1.82, 2.24) is 20.0 Å². The summed E-state index contributed by atoms with van der Waals surface area (Å²) < 4.78 is 7.18. The Kier molecular flexibility index (Phi) is 5.36. The van der Waals surface area contributed by atoms with Gasteiger partial charge in [-0.25, -0.2) is 0 Å². The molecule has 1 aliphatic rings. The molecule has 1 aliphatic heterocycles. The van der Waals surface area contributed by atoms with Crippen molar-refractivity contribution >= 4 is 5.91 Å². The highest BCUT2D eigenvalue weighted by Crippen LogP contribution is 2.25. The number of aromatic nitrogens is 2. The molecule has 1 N–H and O–H groups in total. The number of nitrogens with one attached hydrogen (secondary N) is 1. The molecule has 2 rings (SSSR count). The first-order valence-corrected chi connectivity index (χ1v) is 7.61. The summed E-state index contributed by atoms with van der Waals surface area (Å²) in [5.74, 6) is 0.0360. The van der Waals surface area contributed by atoms with Gasteiger partial charge in [0.1, 0.15) is 6.04 Å². The van der Waals surface area contributed by atoms with Gasteiger partial charge < -0.3 is 15.0 Å². The second-order valence-corrected chi connectivity index (χ2v) is 5.86. The summed E-state index contributed by atoms with van der Waals surface area (Å²) in [6.07, 6.45) is 6.16. The zero-order valence-electron chi connectivity index (χ0n) is 13.2. The molecule has 1 aromatic heterocycles. The smallest absolute Gasteiger partial charge is 0.244 e. The van der Waals surface area contributed by atoms with Crippen molar-refractivity contribution in [2.45, 2.75) is 37.8 Å². The SMILES string of the molecule is CCC(C(=O)NCC1(N(C)C)CCOCC1)n1cccn1. The lowest BCUT2D eigenvalue weighted by Gasteiger charge is -2.43. The fraction of sp³-hybridized carbons (Fsp3) is 0.733. The number of amides is 1. The Morgan fingerprint density at radius 1 is 1.48 bits per heavy atom. The second-order valence-electron chi connectivity index (χ2n) is 5.86. The van der Waals surface area contributed by atoms with E-state index in [1.807, 2.05) is 19.2 Å². The third-order valence-corrected chi connectivity index (χ3v) is 4.50. The van der Waals surface area contributed by atoms with E-state index < -0.39 is 0 Å². The van der Waals surface area contributed by atoms with E-state index in [4.69, 9.17) is 4.74 Å². The molecule has 0 radical (unpaired) electrons. The molecule has 1 amide bonds. The molecular weight excluding hydrogens is 268 g/mol. The van der Waals surface area contributed by atoms with E-state index >= 15 is 0 Å². The van der Waals surface area contributed by atoms with Gasteiger partial charge in [-0.2, -0.15) is 5.10 Å². The maximum absolute atomic E-state index is 12.5. The van der Waals surface area contributed by atoms with E-state index in [-0.39, 0.29) is 17.5 Å². The standard InChI is InChI=1S/C15H26N4O2/c1-4-13(19-9-5-8-17-19)14(20)16-12-15(18(2)3)6-10-21-11-7-15/h5,8-9,13H,4,6-7,10-12H2,1-3H3,(H,16,20). The van der Waals surface area contributed by atoms with Gasteiger partial charge in [0.25, 0.3) is 0 Å². The molecule has 0 spiro atoms. The Hall–Kier alpha value is -1.40. The first-order chi connectivity index (χ1) is 10.1. The quantitative estimate of drug-likeness (QED) is 0.852. The van der Waals surface area contributed by atoms with Crippen molar-refractivity contribution < 1.29 is 9.53 Å². The van der Waals surface area contributed by atoms with Gasteiger partial charge in [-0.1, -0.05) is 6.92 Å². The van der Waals surface area contributed by atoms with Gasteiger partial charge >= 0.3 is 0 Å². The molecule has 1 fully saturated rings. The molecule has 0 bridgehead atoms. The van der Waals surface area contributed by atoms with Crippen LogP contribution in [0.4, 0.5) is 0 Å². The average Bonchev–Trinajstić information content (AvgIpc) is 3.01. The van der Waals surface area contributed by atoms with Crippen molar-refractivity contribution in [3.8, 4) is 0 Å². The number of rotatable bonds is 6. The van der Waals surface area contributed by atoms with Gasteiger partial charge in [0, 0.05) is 37.7 Å². The Labute approximate surface area is 126 Å². The Bertz CT molecular complexity index is 439. The third-order valence-electron chi connectivity index (χ3n) is 4.50. The molecule has 118 valence electrons. The first kappa shape index (κ1) is 16.0. The largest absolute Gasteiger partial charge is 0.381 e. The van der Waals surface area contributed by atoms with Crippen LogP contribution < -0.4 is 5.32 Å². The normalized spacial score (nSPS) is 19.4. The molecule has 1 unspecified atom stereocenters. The van der Waals surface area contributed by atoms with Gasteiger partial charge in [-0.05, 0) is 39.4 Å². The summed E-state index contributed by atoms with van der Waals surface area (Å²) in [5, 5.41) is 7.30. The zero-order chi connectivity index (χ0) is 15.3. The maximum atomic E-state index is 12.5. The van der Waals surface area contributed by atoms with Gasteiger partial charge in [-0.15, -0.1) is 0 Å². The number of carbonyl (C=O) groups is 1. The van der Waals surface area contributed by atoms with E-state index in [1.165, 1.54) is 0 Å². The van der Waals surface area contributed by atoms with E-state index in [9.17, 15) is 4.79 Å². The minimum absolute atomic E-state index is 0.00365. The van der Waals surface area contributed by atoms with Crippen LogP contribution in [0, 0.1) is 0 Å². The summed E-state index contributed by atoms with van der Waals surface area (Å²) in [7, 11) is 4.14. The minimum atomic E-state index is -0.237. The summed E-state index contributed by atoms with van der Waals surface area (Å²) in [5.41, 5.74) is -0.00365. The van der Waals surface area contributed by atoms with E-state index in [0.717, 1.165) is 32.5 Å². The summed E-state index contributed by atoms with van der Waals surface area (Å²) in [6.45, 7) is 4.16. The Morgan fingerprint density at radius 2 is 2.19 bits per heavy atom. The Morgan fingerprint density at radius 3 is 2.71 bits per heavy atom. The Balaban J connectivity index is 1.98. The molecule has 6 heteroatoms. The number of hydrogen-bond donors (Lipinski definition) is 1. The van der Waals surface area contributed by atoms with Crippen molar-refractivity contribution in [3.63, 3.8) is 0 Å². The summed E-state index contributed by atoms with van der Waals surface area (Å²) >= 11 is 0. The van der Waals surface area contributed by atoms with Gasteiger partial charge in [0.05, 0.1) is 0 Å². The summed E-state index contributed by atoms with van der Waals surface area (Å²) in [4.78, 5) is 14.7. The van der Waals surface area contributed by atoms with Crippen molar-refractivity contribution in [3.05, 3.63) is 18.5 Å². The highest BCUT2D eigenvalue weighted by molar-refractivity contribution is 5.80. The predicted molar refractivity (Wildman–Crippen MR) is 81.0 cm³/mol. The van der Waals surface area contributed by atoms with Crippen LogP contribution >= 0.6 is 0 Å². The maximum Gasteiger partial charge on any atom is 0.244 e. The first-order valence-electron chi connectivity index (χ1n) is 7.61. The van der Waals surface area contributed by atoms with Crippen LogP contribution in [-0.4, -0.2) is 60.0 Å². The fourth-order valence-corrected chi connectivity index (χ4v) is 2.86. The molecule has 1 aromatic rings. The lowest BCUT2D eigenvalue weighted by molar-refractivity contribution is -0.125. The second kappa shape index (κ2) is 7.04. The molecule has 1 atom stereocenters. The number of likely N-dealkylation sites (N-methyl/N-ethyl adjacent to an activating group) is 1. The van der Waals surface area contributed by atoms with Crippen LogP contribution in [0.2, 0.25) is 0 Å². The van der Waals surface area contributed by atoms with Gasteiger partial charge in [0.15, 0.2) is 0 Å². The lowest BCUT2D eigenvalue weighted by atomic mass is 9.88. The van der Waals surface area contributed by atoms with E-state index in [1.54, 1.807) is 10.9 Å². The topological polar surface area (TPSA) is 59.4 Å². The van der Waals surface area contributed by atoms with Crippen LogP contribution in [0.15, 0.2) is 18.5 Å². The fourth-order valence-electron chi connectivity index (χ4n) is 2.86. The molecule has 21 heavy (non-hydrogen) atoms. The minimum Gasteiger partial charge on any atom is -0.381 e. The molecule has 6 nitrogen and oxygen atoms in total. The van der Waals surface area contributed by atoms with Gasteiger partial charge in [0.2, 0.25) is 5.91 Å². The average molecular weight is 294 g/mol. The molecule has 1 saturated heterocycles. The van der Waals surface area contributed by atoms with Crippen LogP contribution in [-0.2, 0) is 9.53 Å².